The molecule has 0 radical (unpaired) electrons. The van der Waals surface area contributed by atoms with E-state index in [1.807, 2.05) is 0 Å². The van der Waals surface area contributed by atoms with Crippen molar-refractivity contribution in [2.24, 2.45) is 5.73 Å². The summed E-state index contributed by atoms with van der Waals surface area (Å²) >= 11 is 1.80. The number of nitrogens with two attached hydrogens (primary N) is 1. The summed E-state index contributed by atoms with van der Waals surface area (Å²) in [6, 6.07) is -0.299. The summed E-state index contributed by atoms with van der Waals surface area (Å²) in [4.78, 5) is 25.3. The lowest BCUT2D eigenvalue weighted by molar-refractivity contribution is -0.144. The van der Waals surface area contributed by atoms with E-state index in [4.69, 9.17) is 15.2 Å². The third-order valence-electron chi connectivity index (χ3n) is 3.36. The number of hydrogen-bond donors (Lipinski definition) is 1. The van der Waals surface area contributed by atoms with E-state index in [9.17, 15) is 9.59 Å². The van der Waals surface area contributed by atoms with Gasteiger partial charge in [-0.2, -0.15) is 11.8 Å². The molecule has 1 saturated heterocycles. The number of ether oxygens (including phenoxy) is 2. The van der Waals surface area contributed by atoms with Crippen LogP contribution in [0.4, 0.5) is 0 Å². The molecule has 0 saturated carbocycles. The Hall–Kier alpha value is -0.790. The Balaban J connectivity index is 2.46. The zero-order chi connectivity index (χ0) is 15.8. The van der Waals surface area contributed by atoms with E-state index < -0.39 is 6.10 Å². The van der Waals surface area contributed by atoms with Crippen molar-refractivity contribution in [3.8, 4) is 0 Å². The molecule has 0 aromatic carbocycles. The Kier molecular flexibility index (Phi) is 8.06. The third kappa shape index (κ3) is 5.48. The fourth-order valence-corrected chi connectivity index (χ4v) is 2.95. The van der Waals surface area contributed by atoms with Gasteiger partial charge in [0, 0.05) is 12.6 Å². The summed E-state index contributed by atoms with van der Waals surface area (Å²) in [5.74, 6) is 1.53. The van der Waals surface area contributed by atoms with Crippen molar-refractivity contribution in [2.45, 2.75) is 52.0 Å². The monoisotopic (exact) mass is 318 g/mol. The first-order chi connectivity index (χ1) is 10.0. The zero-order valence-electron chi connectivity index (χ0n) is 13.0. The van der Waals surface area contributed by atoms with Gasteiger partial charge >= 0.3 is 5.97 Å². The van der Waals surface area contributed by atoms with Crippen LogP contribution in [0.3, 0.4) is 0 Å². The van der Waals surface area contributed by atoms with E-state index in [0.717, 1.165) is 17.9 Å². The van der Waals surface area contributed by atoms with Crippen LogP contribution in [0.25, 0.3) is 0 Å². The lowest BCUT2D eigenvalue weighted by Gasteiger charge is -2.19. The van der Waals surface area contributed by atoms with Gasteiger partial charge in [0.2, 0.25) is 0 Å². The summed E-state index contributed by atoms with van der Waals surface area (Å²) < 4.78 is 10.5. The second-order valence-corrected chi connectivity index (χ2v) is 6.29. The van der Waals surface area contributed by atoms with Crippen LogP contribution < -0.4 is 5.73 Å². The molecule has 3 atom stereocenters. The normalized spacial score (nSPS) is 23.4. The molecule has 1 heterocycles. The number of rotatable bonds is 9. The highest BCUT2D eigenvalue weighted by Gasteiger charge is 2.41. The summed E-state index contributed by atoms with van der Waals surface area (Å²) in [5.41, 5.74) is 6.06. The topological polar surface area (TPSA) is 81.9 Å². The lowest BCUT2D eigenvalue weighted by Crippen LogP contribution is -2.43. The largest absolute Gasteiger partial charge is 0.466 e. The van der Waals surface area contributed by atoms with E-state index in [1.165, 1.54) is 0 Å². The van der Waals surface area contributed by atoms with Gasteiger partial charge in [-0.15, -0.1) is 0 Å². The minimum atomic E-state index is -0.598. The highest BCUT2D eigenvalue weighted by molar-refractivity contribution is 7.99. The van der Waals surface area contributed by atoms with E-state index in [-0.39, 0.29) is 30.6 Å². The minimum absolute atomic E-state index is 0.124. The highest BCUT2D eigenvalue weighted by atomic mass is 32.2. The number of carbonyl (C=O) groups is 2. The molecule has 0 aromatic heterocycles. The van der Waals surface area contributed by atoms with E-state index in [1.54, 1.807) is 30.5 Å². The molecular formula is C14H26N2O4S. The highest BCUT2D eigenvalue weighted by Crippen LogP contribution is 2.21. The van der Waals surface area contributed by atoms with Crippen LogP contribution in [0.5, 0.6) is 0 Å². The number of nitrogens with zero attached hydrogens (tertiary/aromatic N) is 1. The first kappa shape index (κ1) is 18.3. The van der Waals surface area contributed by atoms with Crippen LogP contribution in [-0.4, -0.2) is 59.8 Å². The molecule has 0 aliphatic carbocycles. The van der Waals surface area contributed by atoms with Crippen molar-refractivity contribution in [3.05, 3.63) is 0 Å². The van der Waals surface area contributed by atoms with Crippen LogP contribution in [-0.2, 0) is 19.1 Å². The van der Waals surface area contributed by atoms with Crippen molar-refractivity contribution in [1.82, 2.24) is 4.90 Å². The van der Waals surface area contributed by atoms with Gasteiger partial charge in [0.25, 0.3) is 5.91 Å². The number of esters is 1. The molecule has 0 spiro atoms. The lowest BCUT2D eigenvalue weighted by atomic mass is 10.1. The smallest absolute Gasteiger partial charge is 0.307 e. The Morgan fingerprint density at radius 3 is 2.86 bits per heavy atom. The van der Waals surface area contributed by atoms with Crippen molar-refractivity contribution < 1.29 is 19.1 Å². The predicted molar refractivity (Wildman–Crippen MR) is 82.9 cm³/mol. The average molecular weight is 318 g/mol. The zero-order valence-corrected chi connectivity index (χ0v) is 13.9. The maximum Gasteiger partial charge on any atom is 0.307 e. The molecule has 0 bridgehead atoms. The SMILES string of the molecule is CCOC(=O)CCN1C(=O)C(C(N)CCSCC)OC1C. The van der Waals surface area contributed by atoms with Crippen molar-refractivity contribution in [2.75, 3.05) is 24.7 Å². The Morgan fingerprint density at radius 1 is 1.52 bits per heavy atom. The Bertz CT molecular complexity index is 354. The third-order valence-corrected chi connectivity index (χ3v) is 4.29. The van der Waals surface area contributed by atoms with Gasteiger partial charge in [0.05, 0.1) is 13.0 Å². The van der Waals surface area contributed by atoms with Gasteiger partial charge in [-0.25, -0.2) is 0 Å². The molecule has 0 aromatic rings. The molecule has 6 nitrogen and oxygen atoms in total. The molecule has 3 unspecified atom stereocenters. The molecule has 7 heteroatoms. The fraction of sp³-hybridized carbons (Fsp3) is 0.857. The van der Waals surface area contributed by atoms with Crippen LogP contribution in [0.2, 0.25) is 0 Å². The van der Waals surface area contributed by atoms with Crippen LogP contribution in [0.15, 0.2) is 0 Å². The first-order valence-corrected chi connectivity index (χ1v) is 8.61. The van der Waals surface area contributed by atoms with Crippen LogP contribution in [0.1, 0.15) is 33.6 Å². The summed E-state index contributed by atoms with van der Waals surface area (Å²) in [5, 5.41) is 0. The second kappa shape index (κ2) is 9.27. The molecular weight excluding hydrogens is 292 g/mol. The quantitative estimate of drug-likeness (QED) is 0.504. The van der Waals surface area contributed by atoms with Gasteiger partial charge in [-0.05, 0) is 31.8 Å². The first-order valence-electron chi connectivity index (χ1n) is 7.46. The van der Waals surface area contributed by atoms with Gasteiger partial charge in [0.1, 0.15) is 6.23 Å². The molecule has 1 fully saturated rings. The van der Waals surface area contributed by atoms with Crippen LogP contribution in [0, 0.1) is 0 Å². The maximum atomic E-state index is 12.3. The van der Waals surface area contributed by atoms with Gasteiger partial charge in [0.15, 0.2) is 6.10 Å². The molecule has 1 aliphatic heterocycles. The molecule has 2 N–H and O–H groups in total. The Labute approximate surface area is 130 Å². The summed E-state index contributed by atoms with van der Waals surface area (Å²) in [7, 11) is 0. The summed E-state index contributed by atoms with van der Waals surface area (Å²) in [6.07, 6.45) is -0.0182. The number of hydrogen-bond acceptors (Lipinski definition) is 6. The van der Waals surface area contributed by atoms with Gasteiger partial charge in [-0.1, -0.05) is 6.92 Å². The van der Waals surface area contributed by atoms with Gasteiger partial charge in [-0.3, -0.25) is 9.59 Å². The minimum Gasteiger partial charge on any atom is -0.466 e. The molecule has 1 aliphatic rings. The molecule has 21 heavy (non-hydrogen) atoms. The number of carbonyl (C=O) groups excluding carboxylic acids is 2. The molecule has 1 amide bonds. The predicted octanol–water partition coefficient (Wildman–Crippen LogP) is 0.984. The van der Waals surface area contributed by atoms with Crippen molar-refractivity contribution >= 4 is 23.6 Å². The average Bonchev–Trinajstić information content (AvgIpc) is 2.72. The fourth-order valence-electron chi connectivity index (χ4n) is 2.22. The maximum absolute atomic E-state index is 12.3. The van der Waals surface area contributed by atoms with E-state index >= 15 is 0 Å². The van der Waals surface area contributed by atoms with E-state index in [0.29, 0.717) is 13.2 Å². The van der Waals surface area contributed by atoms with Crippen LogP contribution >= 0.6 is 11.8 Å². The van der Waals surface area contributed by atoms with Crippen molar-refractivity contribution in [3.63, 3.8) is 0 Å². The molecule has 122 valence electrons. The standard InChI is InChI=1S/C14H26N2O4S/c1-4-19-12(17)6-8-16-10(3)20-13(14(16)18)11(15)7-9-21-5-2/h10-11,13H,4-9,15H2,1-3H3. The molecule has 1 rings (SSSR count). The second-order valence-electron chi connectivity index (χ2n) is 4.89. The Morgan fingerprint density at radius 2 is 2.24 bits per heavy atom. The number of amides is 1. The number of thioether (sulfide) groups is 1. The van der Waals surface area contributed by atoms with Gasteiger partial charge < -0.3 is 20.1 Å². The van der Waals surface area contributed by atoms with E-state index in [2.05, 4.69) is 6.92 Å². The van der Waals surface area contributed by atoms with Crippen molar-refractivity contribution in [1.29, 1.82) is 0 Å². The summed E-state index contributed by atoms with van der Waals surface area (Å²) in [6.45, 7) is 6.31.